The molecule has 0 saturated heterocycles. The van der Waals surface area contributed by atoms with Gasteiger partial charge in [0.25, 0.3) is 0 Å². The van der Waals surface area contributed by atoms with Gasteiger partial charge in [0, 0.05) is 36.1 Å². The van der Waals surface area contributed by atoms with Gasteiger partial charge in [0.2, 0.25) is 15.9 Å². The van der Waals surface area contributed by atoms with Gasteiger partial charge in [-0.3, -0.25) is 4.79 Å². The van der Waals surface area contributed by atoms with Crippen LogP contribution in [0.4, 0.5) is 0 Å². The van der Waals surface area contributed by atoms with Crippen LogP contribution in [0, 0.1) is 0 Å². The maximum absolute atomic E-state index is 11.9. The van der Waals surface area contributed by atoms with Crippen LogP contribution < -0.4 is 5.32 Å². The zero-order valence-corrected chi connectivity index (χ0v) is 15.6. The fourth-order valence-electron chi connectivity index (χ4n) is 1.99. The number of benzene rings is 1. The molecule has 0 bridgehead atoms. The van der Waals surface area contributed by atoms with E-state index in [2.05, 4.69) is 5.32 Å². The molecule has 0 spiro atoms. The van der Waals surface area contributed by atoms with Crippen LogP contribution in [0.25, 0.3) is 0 Å². The number of halogens is 2. The molecule has 0 aliphatic heterocycles. The van der Waals surface area contributed by atoms with Gasteiger partial charge in [0.15, 0.2) is 0 Å². The summed E-state index contributed by atoms with van der Waals surface area (Å²) in [6.45, 7) is 2.97. The van der Waals surface area contributed by atoms with Gasteiger partial charge in [-0.1, -0.05) is 36.2 Å². The number of amides is 1. The van der Waals surface area contributed by atoms with Gasteiger partial charge < -0.3 is 5.32 Å². The summed E-state index contributed by atoms with van der Waals surface area (Å²) in [6.07, 6.45) is 2.58. The molecule has 0 saturated carbocycles. The predicted octanol–water partition coefficient (Wildman–Crippen LogP) is 2.71. The maximum Gasteiger partial charge on any atom is 0.221 e. The van der Waals surface area contributed by atoms with Crippen molar-refractivity contribution < 1.29 is 13.2 Å². The van der Waals surface area contributed by atoms with Crippen molar-refractivity contribution in [3.05, 3.63) is 33.8 Å². The van der Waals surface area contributed by atoms with E-state index in [0.717, 1.165) is 18.2 Å². The van der Waals surface area contributed by atoms with E-state index in [4.69, 9.17) is 23.2 Å². The standard InChI is InChI=1S/C15H22Cl2N2O3S/c1-3-8-18-15(20)7-10-19(23(2,21)22)9-6-12-4-5-13(16)11-14(12)17/h4-5,11H,3,6-10H2,1-2H3,(H,18,20). The third kappa shape index (κ3) is 7.52. The molecule has 0 aromatic heterocycles. The first-order chi connectivity index (χ1) is 10.7. The third-order valence-corrected chi connectivity index (χ3v) is 5.17. The first-order valence-electron chi connectivity index (χ1n) is 7.39. The zero-order chi connectivity index (χ0) is 17.5. The molecule has 5 nitrogen and oxygen atoms in total. The second-order valence-electron chi connectivity index (χ2n) is 5.25. The molecule has 1 aromatic carbocycles. The lowest BCUT2D eigenvalue weighted by molar-refractivity contribution is -0.121. The van der Waals surface area contributed by atoms with Crippen LogP contribution in [-0.2, 0) is 21.2 Å². The molecule has 0 fully saturated rings. The zero-order valence-electron chi connectivity index (χ0n) is 13.3. The summed E-state index contributed by atoms with van der Waals surface area (Å²) in [5.74, 6) is -0.148. The number of rotatable bonds is 9. The minimum absolute atomic E-state index is 0.140. The fourth-order valence-corrected chi connectivity index (χ4v) is 3.34. The Morgan fingerprint density at radius 1 is 1.26 bits per heavy atom. The van der Waals surface area contributed by atoms with Crippen LogP contribution in [0.1, 0.15) is 25.3 Å². The molecule has 1 amide bonds. The smallest absolute Gasteiger partial charge is 0.221 e. The van der Waals surface area contributed by atoms with Crippen molar-refractivity contribution in [2.45, 2.75) is 26.2 Å². The van der Waals surface area contributed by atoms with Crippen molar-refractivity contribution in [1.29, 1.82) is 0 Å². The van der Waals surface area contributed by atoms with Crippen LogP contribution >= 0.6 is 23.2 Å². The summed E-state index contributed by atoms with van der Waals surface area (Å²) < 4.78 is 25.0. The topological polar surface area (TPSA) is 66.5 Å². The van der Waals surface area contributed by atoms with Gasteiger partial charge in [0.1, 0.15) is 0 Å². The Bertz CT molecular complexity index is 636. The van der Waals surface area contributed by atoms with E-state index in [0.29, 0.717) is 23.0 Å². The highest BCUT2D eigenvalue weighted by molar-refractivity contribution is 7.88. The second-order valence-corrected chi connectivity index (χ2v) is 8.07. The van der Waals surface area contributed by atoms with E-state index in [1.54, 1.807) is 18.2 Å². The molecule has 0 heterocycles. The van der Waals surface area contributed by atoms with Crippen molar-refractivity contribution in [2.75, 3.05) is 25.9 Å². The molecule has 0 radical (unpaired) electrons. The average molecular weight is 381 g/mol. The first kappa shape index (κ1) is 20.2. The highest BCUT2D eigenvalue weighted by Gasteiger charge is 2.18. The summed E-state index contributed by atoms with van der Waals surface area (Å²) in [5.41, 5.74) is 0.820. The quantitative estimate of drug-likeness (QED) is 0.715. The second kappa shape index (κ2) is 9.47. The van der Waals surface area contributed by atoms with Gasteiger partial charge in [-0.05, 0) is 30.5 Å². The van der Waals surface area contributed by atoms with Gasteiger partial charge >= 0.3 is 0 Å². The molecule has 8 heteroatoms. The third-order valence-electron chi connectivity index (χ3n) is 3.28. The molecule has 0 unspecified atom stereocenters. The summed E-state index contributed by atoms with van der Waals surface area (Å²) >= 11 is 11.9. The lowest BCUT2D eigenvalue weighted by Crippen LogP contribution is -2.36. The minimum atomic E-state index is -3.39. The Morgan fingerprint density at radius 3 is 2.52 bits per heavy atom. The van der Waals surface area contributed by atoms with Crippen LogP contribution in [0.5, 0.6) is 0 Å². The lowest BCUT2D eigenvalue weighted by Gasteiger charge is -2.20. The predicted molar refractivity (Wildman–Crippen MR) is 94.5 cm³/mol. The molecule has 0 atom stereocenters. The van der Waals surface area contributed by atoms with E-state index in [1.165, 1.54) is 4.31 Å². The van der Waals surface area contributed by atoms with E-state index < -0.39 is 10.0 Å². The molecular weight excluding hydrogens is 359 g/mol. The highest BCUT2D eigenvalue weighted by atomic mass is 35.5. The molecule has 0 aliphatic rings. The number of hydrogen-bond acceptors (Lipinski definition) is 3. The van der Waals surface area contributed by atoms with Crippen LogP contribution in [0.3, 0.4) is 0 Å². The largest absolute Gasteiger partial charge is 0.356 e. The number of nitrogens with zero attached hydrogens (tertiary/aromatic N) is 1. The van der Waals surface area contributed by atoms with E-state index in [1.807, 2.05) is 6.92 Å². The molecule has 1 rings (SSSR count). The number of nitrogens with one attached hydrogen (secondary N) is 1. The Balaban J connectivity index is 2.63. The number of carbonyl (C=O) groups is 1. The monoisotopic (exact) mass is 380 g/mol. The summed E-state index contributed by atoms with van der Waals surface area (Å²) in [4.78, 5) is 11.6. The van der Waals surface area contributed by atoms with Crippen molar-refractivity contribution in [2.24, 2.45) is 0 Å². The minimum Gasteiger partial charge on any atom is -0.356 e. The van der Waals surface area contributed by atoms with Crippen molar-refractivity contribution in [1.82, 2.24) is 9.62 Å². The summed E-state index contributed by atoms with van der Waals surface area (Å²) in [5, 5.41) is 3.77. The molecule has 130 valence electrons. The molecule has 23 heavy (non-hydrogen) atoms. The van der Waals surface area contributed by atoms with Crippen molar-refractivity contribution >= 4 is 39.1 Å². The number of hydrogen-bond donors (Lipinski definition) is 1. The molecule has 1 aromatic rings. The van der Waals surface area contributed by atoms with E-state index in [-0.39, 0.29) is 25.4 Å². The van der Waals surface area contributed by atoms with Crippen molar-refractivity contribution in [3.63, 3.8) is 0 Å². The van der Waals surface area contributed by atoms with E-state index >= 15 is 0 Å². The van der Waals surface area contributed by atoms with Crippen molar-refractivity contribution in [3.8, 4) is 0 Å². The van der Waals surface area contributed by atoms with Gasteiger partial charge in [-0.25, -0.2) is 12.7 Å². The van der Waals surface area contributed by atoms with Gasteiger partial charge in [-0.2, -0.15) is 0 Å². The Labute approximate surface area is 148 Å². The van der Waals surface area contributed by atoms with Crippen LogP contribution in [0.15, 0.2) is 18.2 Å². The normalized spacial score (nSPS) is 11.7. The number of sulfonamides is 1. The average Bonchev–Trinajstić information content (AvgIpc) is 2.45. The van der Waals surface area contributed by atoms with Crippen LogP contribution in [-0.4, -0.2) is 44.5 Å². The molecule has 1 N–H and O–H groups in total. The highest BCUT2D eigenvalue weighted by Crippen LogP contribution is 2.21. The maximum atomic E-state index is 11.9. The molecule has 0 aliphatic carbocycles. The first-order valence-corrected chi connectivity index (χ1v) is 10.00. The number of carbonyl (C=O) groups excluding carboxylic acids is 1. The summed E-state index contributed by atoms with van der Waals surface area (Å²) in [6, 6.07) is 5.12. The van der Waals surface area contributed by atoms with Gasteiger partial charge in [-0.15, -0.1) is 0 Å². The summed E-state index contributed by atoms with van der Waals surface area (Å²) in [7, 11) is -3.39. The Kier molecular flexibility index (Phi) is 8.33. The van der Waals surface area contributed by atoms with Crippen LogP contribution in [0.2, 0.25) is 10.0 Å². The fraction of sp³-hybridized carbons (Fsp3) is 0.533. The molecular formula is C15H22Cl2N2O3S. The Hall–Kier alpha value is -0.820. The SMILES string of the molecule is CCCNC(=O)CCN(CCc1ccc(Cl)cc1Cl)S(C)(=O)=O. The van der Waals surface area contributed by atoms with E-state index in [9.17, 15) is 13.2 Å². The lowest BCUT2D eigenvalue weighted by atomic mass is 10.1. The Morgan fingerprint density at radius 2 is 1.96 bits per heavy atom. The van der Waals surface area contributed by atoms with Gasteiger partial charge in [0.05, 0.1) is 6.26 Å².